The summed E-state index contributed by atoms with van der Waals surface area (Å²) in [6.07, 6.45) is -2.55. The molecule has 0 amide bonds. The Morgan fingerprint density at radius 2 is 1.52 bits per heavy atom. The molecule has 0 unspecified atom stereocenters. The van der Waals surface area contributed by atoms with Crippen molar-refractivity contribution >= 4 is 43.6 Å². The molecule has 0 aliphatic carbocycles. The number of halogens is 3. The molecule has 9 nitrogen and oxygen atoms in total. The molecular formula is C29H27F3N4O5S. The van der Waals surface area contributed by atoms with Crippen molar-refractivity contribution in [2.45, 2.75) is 24.0 Å². The van der Waals surface area contributed by atoms with Crippen molar-refractivity contribution in [1.29, 1.82) is 0 Å². The van der Waals surface area contributed by atoms with Crippen LogP contribution in [0.2, 0.25) is 0 Å². The van der Waals surface area contributed by atoms with Crippen molar-refractivity contribution in [2.24, 2.45) is 0 Å². The predicted molar refractivity (Wildman–Crippen MR) is 154 cm³/mol. The number of rotatable bonds is 9. The van der Waals surface area contributed by atoms with Crippen molar-refractivity contribution in [3.63, 3.8) is 0 Å². The van der Waals surface area contributed by atoms with Gasteiger partial charge in [-0.25, -0.2) is 17.2 Å². The monoisotopic (exact) mass is 600 g/mol. The van der Waals surface area contributed by atoms with Crippen LogP contribution in [0.4, 0.5) is 19.0 Å². The minimum Gasteiger partial charge on any atom is -0.475 e. The number of nitrogens with one attached hydrogen (secondary N) is 3. The molecule has 3 aromatic carbocycles. The van der Waals surface area contributed by atoms with Gasteiger partial charge in [0.2, 0.25) is 0 Å². The highest BCUT2D eigenvalue weighted by molar-refractivity contribution is 7.90. The topological polar surface area (TPSA) is 133 Å². The number of pyridine rings is 1. The Bertz CT molecular complexity index is 1850. The highest BCUT2D eigenvalue weighted by atomic mass is 32.2. The number of anilines is 1. The molecular weight excluding hydrogens is 573 g/mol. The summed E-state index contributed by atoms with van der Waals surface area (Å²) in [6.45, 7) is 1.96. The van der Waals surface area contributed by atoms with Crippen molar-refractivity contribution in [3.8, 4) is 0 Å². The van der Waals surface area contributed by atoms with Crippen LogP contribution in [-0.4, -0.2) is 47.7 Å². The number of nitrogens with zero attached hydrogens (tertiary/aromatic N) is 1. The number of carboxylic acid groups (broad SMARTS) is 1. The van der Waals surface area contributed by atoms with Crippen LogP contribution in [-0.2, 0) is 21.4 Å². The van der Waals surface area contributed by atoms with E-state index in [0.29, 0.717) is 29.8 Å². The zero-order chi connectivity index (χ0) is 30.3. The summed E-state index contributed by atoms with van der Waals surface area (Å²) in [5, 5.41) is 15.4. The van der Waals surface area contributed by atoms with Gasteiger partial charge < -0.3 is 20.7 Å². The molecule has 2 heterocycles. The predicted octanol–water partition coefficient (Wildman–Crippen LogP) is 4.94. The van der Waals surface area contributed by atoms with Gasteiger partial charge in [-0.05, 0) is 48.9 Å². The molecule has 0 bridgehead atoms. The van der Waals surface area contributed by atoms with Crippen LogP contribution in [0.5, 0.6) is 0 Å². The molecule has 0 aliphatic heterocycles. The number of benzene rings is 3. The average Bonchev–Trinajstić information content (AvgIpc) is 3.35. The van der Waals surface area contributed by atoms with Crippen molar-refractivity contribution in [1.82, 2.24) is 14.3 Å². The highest BCUT2D eigenvalue weighted by Gasteiger charge is 2.38. The second-order valence-electron chi connectivity index (χ2n) is 9.14. The number of hydrogen-bond donors (Lipinski definition) is 4. The Morgan fingerprint density at radius 1 is 0.905 bits per heavy atom. The summed E-state index contributed by atoms with van der Waals surface area (Å²) in [5.41, 5.74) is 2.38. The van der Waals surface area contributed by atoms with Gasteiger partial charge in [0.05, 0.1) is 15.9 Å². The molecule has 4 N–H and O–H groups in total. The lowest BCUT2D eigenvalue weighted by atomic mass is 10.2. The Balaban J connectivity index is 0.000000517. The third-order valence-electron chi connectivity index (χ3n) is 6.20. The van der Waals surface area contributed by atoms with Gasteiger partial charge in [0.15, 0.2) is 5.43 Å². The van der Waals surface area contributed by atoms with E-state index in [-0.39, 0.29) is 10.3 Å². The summed E-state index contributed by atoms with van der Waals surface area (Å²) in [5.74, 6) is -2.06. The van der Waals surface area contributed by atoms with E-state index in [0.717, 1.165) is 29.4 Å². The Morgan fingerprint density at radius 3 is 2.21 bits per heavy atom. The summed E-state index contributed by atoms with van der Waals surface area (Å²) in [4.78, 5) is 24.6. The van der Waals surface area contributed by atoms with Gasteiger partial charge in [-0.15, -0.1) is 0 Å². The average molecular weight is 601 g/mol. The maximum Gasteiger partial charge on any atom is 0.490 e. The van der Waals surface area contributed by atoms with E-state index in [2.05, 4.69) is 15.6 Å². The fraction of sp³-hybridized carbons (Fsp3) is 0.172. The Kier molecular flexibility index (Phi) is 9.33. The molecule has 0 fully saturated rings. The van der Waals surface area contributed by atoms with E-state index in [1.54, 1.807) is 42.6 Å². The van der Waals surface area contributed by atoms with Crippen molar-refractivity contribution in [2.75, 3.05) is 18.4 Å². The number of aliphatic carboxylic acids is 1. The normalized spacial score (nSPS) is 11.7. The molecule has 220 valence electrons. The van der Waals surface area contributed by atoms with E-state index in [1.165, 1.54) is 3.97 Å². The Hall–Kier alpha value is -4.62. The van der Waals surface area contributed by atoms with E-state index in [1.807, 2.05) is 48.5 Å². The third-order valence-corrected chi connectivity index (χ3v) is 7.89. The first-order valence-corrected chi connectivity index (χ1v) is 14.2. The summed E-state index contributed by atoms with van der Waals surface area (Å²) >= 11 is 0. The van der Waals surface area contributed by atoms with Crippen LogP contribution in [0.1, 0.15) is 12.0 Å². The smallest absolute Gasteiger partial charge is 0.475 e. The summed E-state index contributed by atoms with van der Waals surface area (Å²) in [6, 6.07) is 25.0. The molecule has 42 heavy (non-hydrogen) atoms. The maximum absolute atomic E-state index is 13.2. The lowest BCUT2D eigenvalue weighted by Gasteiger charge is -2.08. The molecule has 5 aromatic rings. The van der Waals surface area contributed by atoms with E-state index >= 15 is 0 Å². The number of para-hydroxylation sites is 2. The van der Waals surface area contributed by atoms with Gasteiger partial charge in [-0.2, -0.15) is 13.2 Å². The molecule has 2 aromatic heterocycles. The van der Waals surface area contributed by atoms with Gasteiger partial charge in [0.25, 0.3) is 10.0 Å². The minimum atomic E-state index is -5.08. The lowest BCUT2D eigenvalue weighted by Crippen LogP contribution is -2.21. The van der Waals surface area contributed by atoms with E-state index in [4.69, 9.17) is 9.90 Å². The van der Waals surface area contributed by atoms with Gasteiger partial charge in [-0.3, -0.25) is 4.79 Å². The molecule has 0 aliphatic rings. The fourth-order valence-electron chi connectivity index (χ4n) is 4.22. The zero-order valence-electron chi connectivity index (χ0n) is 22.1. The van der Waals surface area contributed by atoms with Crippen LogP contribution in [0.25, 0.3) is 21.8 Å². The van der Waals surface area contributed by atoms with E-state index in [9.17, 15) is 26.4 Å². The fourth-order valence-corrected chi connectivity index (χ4v) is 5.63. The molecule has 0 saturated heterocycles. The number of aromatic amines is 1. The van der Waals surface area contributed by atoms with Gasteiger partial charge in [0.1, 0.15) is 5.82 Å². The summed E-state index contributed by atoms with van der Waals surface area (Å²) < 4.78 is 59.6. The lowest BCUT2D eigenvalue weighted by molar-refractivity contribution is -0.192. The molecule has 0 saturated carbocycles. The molecule has 0 spiro atoms. The number of alkyl halides is 3. The number of fused-ring (bicyclic) bond motifs is 2. The first-order valence-electron chi connectivity index (χ1n) is 12.7. The number of H-pyrrole nitrogens is 1. The molecule has 5 rings (SSSR count). The quantitative estimate of drug-likeness (QED) is 0.176. The van der Waals surface area contributed by atoms with Gasteiger partial charge in [-0.1, -0.05) is 48.5 Å². The first-order chi connectivity index (χ1) is 20.0. The first kappa shape index (κ1) is 30.3. The molecule has 0 radical (unpaired) electrons. The third kappa shape index (κ3) is 7.17. The van der Waals surface area contributed by atoms with Crippen LogP contribution in [0.3, 0.4) is 0 Å². The summed E-state index contributed by atoms with van der Waals surface area (Å²) in [7, 11) is -3.68. The minimum absolute atomic E-state index is 0.0122. The van der Waals surface area contributed by atoms with Crippen LogP contribution < -0.4 is 16.1 Å². The van der Waals surface area contributed by atoms with Crippen LogP contribution >= 0.6 is 0 Å². The number of hydrogen-bond acceptors (Lipinski definition) is 6. The molecule has 0 atom stereocenters. The number of aromatic nitrogens is 2. The second kappa shape index (κ2) is 12.9. The maximum atomic E-state index is 13.2. The zero-order valence-corrected chi connectivity index (χ0v) is 22.9. The highest BCUT2D eigenvalue weighted by Crippen LogP contribution is 2.26. The Labute approximate surface area is 238 Å². The van der Waals surface area contributed by atoms with Crippen LogP contribution in [0, 0.1) is 0 Å². The number of carbonyl (C=O) groups is 1. The van der Waals surface area contributed by atoms with Crippen LogP contribution in [0.15, 0.2) is 101 Å². The SMILES string of the molecule is O=C(O)C(F)(F)F.O=c1cc(NCCCNCc2cn(S(=O)(=O)c3ccccc3)c3ccccc23)[nH]c2ccccc12. The van der Waals surface area contributed by atoms with Crippen molar-refractivity contribution < 1.29 is 31.5 Å². The molecule has 13 heteroatoms. The largest absolute Gasteiger partial charge is 0.490 e. The second-order valence-corrected chi connectivity index (χ2v) is 11.0. The van der Waals surface area contributed by atoms with Crippen molar-refractivity contribution in [3.05, 3.63) is 107 Å². The standard InChI is InChI=1S/C27H26N4O3S.C2HF3O2/c32-26-17-27(30-24-13-6-4-12-23(24)26)29-16-8-15-28-18-20-19-31(25-14-7-5-11-22(20)25)35(33,34)21-9-2-1-3-10-21;3-2(4,5)1(6)7/h1-7,9-14,17,19,28H,8,15-16,18H2,(H2,29,30,32);(H,6,7). The van der Waals surface area contributed by atoms with E-state index < -0.39 is 22.2 Å². The van der Waals surface area contributed by atoms with Gasteiger partial charge in [0, 0.05) is 36.1 Å². The van der Waals surface area contributed by atoms with Gasteiger partial charge >= 0.3 is 12.1 Å². The number of carboxylic acids is 1.